The second kappa shape index (κ2) is 10.2. The molecule has 2 atom stereocenters. The maximum Gasteiger partial charge on any atom is 0.415 e. The van der Waals surface area contributed by atoms with Gasteiger partial charge in [0.1, 0.15) is 11.7 Å². The van der Waals surface area contributed by atoms with Gasteiger partial charge in [-0.25, -0.2) is 13.3 Å². The third-order valence-corrected chi connectivity index (χ3v) is 7.40. The van der Waals surface area contributed by atoms with E-state index in [9.17, 15) is 36.9 Å². The fourth-order valence-electron chi connectivity index (χ4n) is 3.69. The van der Waals surface area contributed by atoms with Gasteiger partial charge in [-0.1, -0.05) is 18.2 Å². The molecule has 2 aromatic carbocycles. The number of nitrogens with zero attached hydrogens (tertiary/aromatic N) is 2. The third-order valence-electron chi connectivity index (χ3n) is 5.54. The van der Waals surface area contributed by atoms with Crippen LogP contribution in [-0.2, 0) is 22.8 Å². The molecule has 3 N–H and O–H groups in total. The van der Waals surface area contributed by atoms with Crippen LogP contribution in [0, 0.1) is 6.57 Å². The second-order valence-electron chi connectivity index (χ2n) is 8.56. The molecular formula is C23H25F3N2O7S. The van der Waals surface area contributed by atoms with Crippen LogP contribution in [0.2, 0.25) is 0 Å². The lowest BCUT2D eigenvalue weighted by Crippen LogP contribution is -2.48. The van der Waals surface area contributed by atoms with Crippen LogP contribution in [0.25, 0.3) is 4.85 Å². The van der Waals surface area contributed by atoms with E-state index in [1.165, 1.54) is 18.2 Å². The van der Waals surface area contributed by atoms with Gasteiger partial charge >= 0.3 is 6.18 Å². The van der Waals surface area contributed by atoms with Crippen LogP contribution in [0.1, 0.15) is 25.0 Å². The summed E-state index contributed by atoms with van der Waals surface area (Å²) < 4.78 is 78.0. The van der Waals surface area contributed by atoms with Gasteiger partial charge in [-0.15, -0.1) is 0 Å². The molecule has 0 spiro atoms. The van der Waals surface area contributed by atoms with Crippen LogP contribution in [0.5, 0.6) is 11.5 Å². The molecule has 0 unspecified atom stereocenters. The zero-order valence-corrected chi connectivity index (χ0v) is 20.2. The molecule has 13 heteroatoms. The number of sulfonamides is 1. The normalized spacial score (nSPS) is 20.9. The molecule has 1 saturated heterocycles. The lowest BCUT2D eigenvalue weighted by molar-refractivity contribution is -0.137. The Labute approximate surface area is 206 Å². The lowest BCUT2D eigenvalue weighted by Gasteiger charge is -2.28. The van der Waals surface area contributed by atoms with Crippen molar-refractivity contribution < 1.29 is 46.4 Å². The Morgan fingerprint density at radius 3 is 2.44 bits per heavy atom. The Morgan fingerprint density at radius 1 is 1.19 bits per heavy atom. The summed E-state index contributed by atoms with van der Waals surface area (Å²) in [5, 5.41) is 30.2. The fourth-order valence-corrected chi connectivity index (χ4v) is 5.31. The highest BCUT2D eigenvalue weighted by molar-refractivity contribution is 7.89. The zero-order valence-electron chi connectivity index (χ0n) is 19.4. The highest BCUT2D eigenvalue weighted by atomic mass is 32.2. The Morgan fingerprint density at radius 2 is 1.89 bits per heavy atom. The van der Waals surface area contributed by atoms with Gasteiger partial charge in [0.15, 0.2) is 11.5 Å². The molecule has 3 rings (SSSR count). The van der Waals surface area contributed by atoms with E-state index in [1.54, 1.807) is 13.8 Å². The van der Waals surface area contributed by atoms with Gasteiger partial charge in [0.2, 0.25) is 15.7 Å². The molecule has 1 aliphatic heterocycles. The number of halogens is 3. The van der Waals surface area contributed by atoms with Gasteiger partial charge in [0.25, 0.3) is 0 Å². The van der Waals surface area contributed by atoms with Gasteiger partial charge in [0, 0.05) is 12.1 Å². The maximum atomic E-state index is 13.3. The largest absolute Gasteiger partial charge is 0.487 e. The third kappa shape index (κ3) is 5.58. The summed E-state index contributed by atoms with van der Waals surface area (Å²) in [7, 11) is -4.55. The van der Waals surface area contributed by atoms with E-state index < -0.39 is 63.7 Å². The topological polar surface area (TPSA) is 121 Å². The summed E-state index contributed by atoms with van der Waals surface area (Å²) in [5.41, 5.74) is -3.46. The quantitative estimate of drug-likeness (QED) is 0.449. The number of rotatable bonds is 8. The molecule has 0 saturated carbocycles. The van der Waals surface area contributed by atoms with Crippen molar-refractivity contribution in [2.75, 3.05) is 19.7 Å². The van der Waals surface area contributed by atoms with Crippen LogP contribution < -0.4 is 9.47 Å². The van der Waals surface area contributed by atoms with Crippen molar-refractivity contribution in [2.45, 2.75) is 49.3 Å². The molecule has 0 amide bonds. The molecule has 196 valence electrons. The number of hydrogen-bond acceptors (Lipinski definition) is 7. The molecule has 0 aromatic heterocycles. The van der Waals surface area contributed by atoms with Crippen LogP contribution >= 0.6 is 0 Å². The second-order valence-corrected chi connectivity index (χ2v) is 10.5. The molecule has 9 nitrogen and oxygen atoms in total. The van der Waals surface area contributed by atoms with E-state index in [1.807, 2.05) is 0 Å². The van der Waals surface area contributed by atoms with Gasteiger partial charge in [-0.3, -0.25) is 0 Å². The van der Waals surface area contributed by atoms with Gasteiger partial charge in [-0.05, 0) is 37.6 Å². The molecule has 1 heterocycles. The number of β-amino-alcohol motifs (C(OH)–C–C–N with tert-alkyl or cyclic N) is 1. The molecule has 1 aliphatic rings. The summed E-state index contributed by atoms with van der Waals surface area (Å²) >= 11 is 0. The maximum absolute atomic E-state index is 13.3. The van der Waals surface area contributed by atoms with Gasteiger partial charge < -0.3 is 24.8 Å². The Balaban J connectivity index is 1.95. The first-order valence-corrected chi connectivity index (χ1v) is 12.2. The zero-order chi connectivity index (χ0) is 26.9. The van der Waals surface area contributed by atoms with E-state index in [-0.39, 0.29) is 24.2 Å². The lowest BCUT2D eigenvalue weighted by atomic mass is 10.0. The minimum Gasteiger partial charge on any atom is -0.487 e. The molecular weight excluding hydrogens is 505 g/mol. The van der Waals surface area contributed by atoms with E-state index >= 15 is 0 Å². The molecule has 0 aliphatic carbocycles. The minimum atomic E-state index is -4.77. The average molecular weight is 531 g/mol. The highest BCUT2D eigenvalue weighted by Crippen LogP contribution is 2.39. The van der Waals surface area contributed by atoms with Crippen molar-refractivity contribution in [3.63, 3.8) is 0 Å². The monoisotopic (exact) mass is 530 g/mol. The summed E-state index contributed by atoms with van der Waals surface area (Å²) in [4.78, 5) is 2.28. The Bertz CT molecular complexity index is 1260. The number of benzene rings is 2. The summed E-state index contributed by atoms with van der Waals surface area (Å²) in [6, 6.07) is 6.21. The number of aliphatic hydroxyl groups excluding tert-OH is 2. The average Bonchev–Trinajstić information content (AvgIpc) is 3.16. The van der Waals surface area contributed by atoms with E-state index in [0.29, 0.717) is 23.8 Å². The van der Waals surface area contributed by atoms with Crippen molar-refractivity contribution in [2.24, 2.45) is 0 Å². The van der Waals surface area contributed by atoms with Crippen molar-refractivity contribution in [3.8, 4) is 11.5 Å². The van der Waals surface area contributed by atoms with Crippen LogP contribution in [0.15, 0.2) is 41.3 Å². The molecule has 1 fully saturated rings. The number of alkyl halides is 3. The SMILES string of the molecule is [C-]#[N+]c1cc(C(F)(F)F)ccc1S(=O)(=O)N1C[C@H](Oc2ccc(CO)cc2OC(C)C)[C@](O)(CO)C1. The minimum absolute atomic E-state index is 0.119. The van der Waals surface area contributed by atoms with Crippen LogP contribution in [0.3, 0.4) is 0 Å². The number of ether oxygens (including phenoxy) is 2. The van der Waals surface area contributed by atoms with Gasteiger partial charge in [0.05, 0.1) is 37.3 Å². The molecule has 2 aromatic rings. The Hall–Kier alpha value is -2.89. The smallest absolute Gasteiger partial charge is 0.415 e. The van der Waals surface area contributed by atoms with E-state index in [2.05, 4.69) is 4.85 Å². The first kappa shape index (κ1) is 27.7. The number of hydrogen-bond donors (Lipinski definition) is 3. The summed E-state index contributed by atoms with van der Waals surface area (Å²) in [6.07, 6.45) is -6.35. The van der Waals surface area contributed by atoms with E-state index in [4.69, 9.17) is 16.0 Å². The number of aliphatic hydroxyl groups is 3. The predicted molar refractivity (Wildman–Crippen MR) is 121 cm³/mol. The fraction of sp³-hybridized carbons (Fsp3) is 0.435. The molecule has 0 bridgehead atoms. The van der Waals surface area contributed by atoms with Crippen molar-refractivity contribution >= 4 is 15.7 Å². The standard InChI is InChI=1S/C23H25F3N2O7S/c1-14(2)34-19-8-15(11-29)4-6-18(19)35-21-10-28(12-22(21,31)13-30)36(32,33)20-7-5-16(23(24,25)26)9-17(20)27-3/h4-9,14,21,29-31H,10-13H2,1-2H3/t21-,22+/m0/s1. The first-order chi connectivity index (χ1) is 16.7. The predicted octanol–water partition coefficient (Wildman–Crippen LogP) is 2.71. The van der Waals surface area contributed by atoms with Gasteiger partial charge in [-0.2, -0.15) is 17.5 Å². The first-order valence-electron chi connectivity index (χ1n) is 10.7. The van der Waals surface area contributed by atoms with Crippen molar-refractivity contribution in [1.82, 2.24) is 4.31 Å². The van der Waals surface area contributed by atoms with E-state index in [0.717, 1.165) is 4.31 Å². The molecule has 36 heavy (non-hydrogen) atoms. The Kier molecular flexibility index (Phi) is 7.87. The van der Waals surface area contributed by atoms with Crippen molar-refractivity contribution in [1.29, 1.82) is 0 Å². The summed E-state index contributed by atoms with van der Waals surface area (Å²) in [6.45, 7) is 8.41. The van der Waals surface area contributed by atoms with Crippen LogP contribution in [0.4, 0.5) is 18.9 Å². The summed E-state index contributed by atoms with van der Waals surface area (Å²) in [5.74, 6) is 0.338. The molecule has 0 radical (unpaired) electrons. The van der Waals surface area contributed by atoms with Crippen LogP contribution in [-0.4, -0.2) is 65.5 Å². The highest BCUT2D eigenvalue weighted by Gasteiger charge is 2.51. The van der Waals surface area contributed by atoms with Crippen molar-refractivity contribution in [3.05, 3.63) is 58.9 Å².